The van der Waals surface area contributed by atoms with Gasteiger partial charge < -0.3 is 10.6 Å². The summed E-state index contributed by atoms with van der Waals surface area (Å²) in [6.45, 7) is 3.43. The predicted octanol–water partition coefficient (Wildman–Crippen LogP) is 4.47. The molecule has 0 saturated carbocycles. The van der Waals surface area contributed by atoms with Gasteiger partial charge in [0.2, 0.25) is 0 Å². The van der Waals surface area contributed by atoms with Gasteiger partial charge in [-0.1, -0.05) is 6.92 Å². The maximum atomic E-state index is 13.3. The van der Waals surface area contributed by atoms with E-state index in [4.69, 9.17) is 5.73 Å². The van der Waals surface area contributed by atoms with E-state index in [2.05, 4.69) is 11.8 Å². The summed E-state index contributed by atoms with van der Waals surface area (Å²) in [5, 5.41) is 0.416. The van der Waals surface area contributed by atoms with Gasteiger partial charge in [-0.25, -0.2) is 8.78 Å². The fraction of sp³-hybridized carbons (Fsp3) is 0.250. The van der Waals surface area contributed by atoms with Crippen molar-refractivity contribution >= 4 is 35.5 Å². The lowest BCUT2D eigenvalue weighted by atomic mass is 10.1. The molecule has 1 aliphatic heterocycles. The highest BCUT2D eigenvalue weighted by atomic mass is 35.5. The molecular formula is C16H17ClF2N2S. The van der Waals surface area contributed by atoms with Gasteiger partial charge in [0.05, 0.1) is 5.69 Å². The average molecular weight is 343 g/mol. The van der Waals surface area contributed by atoms with Crippen molar-refractivity contribution in [2.45, 2.75) is 23.6 Å². The van der Waals surface area contributed by atoms with Crippen molar-refractivity contribution in [2.24, 2.45) is 0 Å². The summed E-state index contributed by atoms with van der Waals surface area (Å²) in [7, 11) is 0. The molecular weight excluding hydrogens is 326 g/mol. The third-order valence-electron chi connectivity index (χ3n) is 3.43. The van der Waals surface area contributed by atoms with Gasteiger partial charge in [-0.15, -0.1) is 24.2 Å². The lowest BCUT2D eigenvalue weighted by molar-refractivity contribution is 0.578. The first-order valence-corrected chi connectivity index (χ1v) is 7.65. The van der Waals surface area contributed by atoms with Crippen molar-refractivity contribution in [2.75, 3.05) is 17.2 Å². The molecule has 1 unspecified atom stereocenters. The van der Waals surface area contributed by atoms with Crippen molar-refractivity contribution < 1.29 is 8.78 Å². The smallest absolute Gasteiger partial charge is 0.126 e. The Labute approximate surface area is 139 Å². The van der Waals surface area contributed by atoms with Crippen molar-refractivity contribution in [3.8, 4) is 0 Å². The molecule has 2 nitrogen and oxygen atoms in total. The lowest BCUT2D eigenvalue weighted by Gasteiger charge is -2.34. The quantitative estimate of drug-likeness (QED) is 0.816. The van der Waals surface area contributed by atoms with Crippen LogP contribution in [0.25, 0.3) is 0 Å². The number of hydrogen-bond donors (Lipinski definition) is 1. The fourth-order valence-electron chi connectivity index (χ4n) is 2.62. The topological polar surface area (TPSA) is 29.3 Å². The van der Waals surface area contributed by atoms with Crippen LogP contribution in [0.1, 0.15) is 12.5 Å². The van der Waals surface area contributed by atoms with Crippen molar-refractivity contribution in [1.29, 1.82) is 0 Å². The highest BCUT2D eigenvalue weighted by molar-refractivity contribution is 8.00. The normalized spacial score (nSPS) is 16.9. The molecule has 0 radical (unpaired) electrons. The summed E-state index contributed by atoms with van der Waals surface area (Å²) < 4.78 is 26.7. The van der Waals surface area contributed by atoms with Crippen LogP contribution in [0.2, 0.25) is 0 Å². The first-order valence-electron chi connectivity index (χ1n) is 6.77. The molecule has 6 heteroatoms. The minimum atomic E-state index is -0.544. The molecule has 0 saturated heterocycles. The van der Waals surface area contributed by atoms with E-state index < -0.39 is 11.6 Å². The van der Waals surface area contributed by atoms with Gasteiger partial charge in [0.25, 0.3) is 0 Å². The van der Waals surface area contributed by atoms with Gasteiger partial charge in [-0.3, -0.25) is 0 Å². The summed E-state index contributed by atoms with van der Waals surface area (Å²) in [6, 6.07) is 9.45. The molecule has 0 spiro atoms. The molecule has 1 atom stereocenters. The third kappa shape index (κ3) is 3.65. The Balaban J connectivity index is 0.00000176. The summed E-state index contributed by atoms with van der Waals surface area (Å²) in [4.78, 5) is 3.28. The van der Waals surface area contributed by atoms with Crippen molar-refractivity contribution in [3.05, 3.63) is 53.6 Å². The van der Waals surface area contributed by atoms with E-state index in [1.807, 2.05) is 18.2 Å². The van der Waals surface area contributed by atoms with Crippen LogP contribution < -0.4 is 10.6 Å². The van der Waals surface area contributed by atoms with Crippen LogP contribution in [0, 0.1) is 11.6 Å². The second kappa shape index (κ2) is 6.75. The number of benzene rings is 2. The Morgan fingerprint density at radius 1 is 1.18 bits per heavy atom. The van der Waals surface area contributed by atoms with Crippen molar-refractivity contribution in [3.63, 3.8) is 0 Å². The monoisotopic (exact) mass is 342 g/mol. The number of thioether (sulfide) groups is 1. The molecule has 1 aliphatic rings. The third-order valence-corrected chi connectivity index (χ3v) is 4.58. The number of nitrogens with zero attached hydrogens (tertiary/aromatic N) is 1. The largest absolute Gasteiger partial charge is 0.399 e. The molecule has 118 valence electrons. The highest BCUT2D eigenvalue weighted by Crippen LogP contribution is 2.40. The number of fused-ring (bicyclic) bond motifs is 1. The molecule has 2 aromatic rings. The second-order valence-corrected chi connectivity index (χ2v) is 6.79. The highest BCUT2D eigenvalue weighted by Gasteiger charge is 2.22. The molecule has 3 rings (SSSR count). The van der Waals surface area contributed by atoms with Crippen LogP contribution in [0.3, 0.4) is 0 Å². The van der Waals surface area contributed by atoms with Gasteiger partial charge in [0, 0.05) is 35.0 Å². The first-order chi connectivity index (χ1) is 10.0. The predicted molar refractivity (Wildman–Crippen MR) is 90.8 cm³/mol. The van der Waals surface area contributed by atoms with Gasteiger partial charge in [-0.2, -0.15) is 0 Å². The van der Waals surface area contributed by atoms with Gasteiger partial charge in [0.15, 0.2) is 0 Å². The maximum Gasteiger partial charge on any atom is 0.126 e. The number of halogens is 3. The van der Waals surface area contributed by atoms with Crippen LogP contribution in [-0.4, -0.2) is 11.8 Å². The molecule has 0 aliphatic carbocycles. The Bertz CT molecular complexity index is 661. The molecule has 22 heavy (non-hydrogen) atoms. The standard InChI is InChI=1S/C16H16F2N2S.ClH/c1-10-8-20(9-11-4-12(17)6-13(18)5-11)15-7-14(19)2-3-16(15)21-10;/h2-7,10H,8-9,19H2,1H3;1H. The molecule has 1 heterocycles. The zero-order valence-corrected chi connectivity index (χ0v) is 13.7. The molecule has 2 N–H and O–H groups in total. The summed E-state index contributed by atoms with van der Waals surface area (Å²) in [5.74, 6) is -1.09. The number of nitrogen functional groups attached to an aromatic ring is 1. The minimum absolute atomic E-state index is 0. The van der Waals surface area contributed by atoms with Crippen LogP contribution >= 0.6 is 24.2 Å². The number of nitrogens with two attached hydrogens (primary N) is 1. The Morgan fingerprint density at radius 3 is 2.55 bits per heavy atom. The summed E-state index contributed by atoms with van der Waals surface area (Å²) >= 11 is 1.80. The van der Waals surface area contributed by atoms with Crippen molar-refractivity contribution in [1.82, 2.24) is 0 Å². The Kier molecular flexibility index (Phi) is 5.19. The van der Waals surface area contributed by atoms with Crippen LogP contribution in [0.4, 0.5) is 20.2 Å². The molecule has 0 bridgehead atoms. The van der Waals surface area contributed by atoms with Crippen LogP contribution in [0.5, 0.6) is 0 Å². The van der Waals surface area contributed by atoms with E-state index in [1.165, 1.54) is 12.1 Å². The zero-order chi connectivity index (χ0) is 15.0. The molecule has 2 aromatic carbocycles. The van der Waals surface area contributed by atoms with E-state index in [1.54, 1.807) is 11.8 Å². The van der Waals surface area contributed by atoms with Crippen LogP contribution in [0.15, 0.2) is 41.3 Å². The number of rotatable bonds is 2. The fourth-order valence-corrected chi connectivity index (χ4v) is 3.76. The van der Waals surface area contributed by atoms with E-state index in [0.29, 0.717) is 23.0 Å². The molecule has 0 aromatic heterocycles. The van der Waals surface area contributed by atoms with E-state index in [-0.39, 0.29) is 12.4 Å². The second-order valence-electron chi connectivity index (χ2n) is 5.31. The van der Waals surface area contributed by atoms with E-state index in [9.17, 15) is 8.78 Å². The van der Waals surface area contributed by atoms with Gasteiger partial charge in [0.1, 0.15) is 11.6 Å². The average Bonchev–Trinajstić information content (AvgIpc) is 2.38. The first kappa shape index (κ1) is 16.9. The van der Waals surface area contributed by atoms with Gasteiger partial charge >= 0.3 is 0 Å². The van der Waals surface area contributed by atoms with Crippen LogP contribution in [-0.2, 0) is 6.54 Å². The number of hydrogen-bond acceptors (Lipinski definition) is 3. The lowest BCUT2D eigenvalue weighted by Crippen LogP contribution is -2.33. The van der Waals surface area contributed by atoms with E-state index in [0.717, 1.165) is 23.2 Å². The summed E-state index contributed by atoms with van der Waals surface area (Å²) in [6.07, 6.45) is 0. The minimum Gasteiger partial charge on any atom is -0.399 e. The number of anilines is 2. The van der Waals surface area contributed by atoms with Gasteiger partial charge in [-0.05, 0) is 35.9 Å². The maximum absolute atomic E-state index is 13.3. The Morgan fingerprint density at radius 2 is 1.86 bits per heavy atom. The molecule has 0 fully saturated rings. The van der Waals surface area contributed by atoms with E-state index >= 15 is 0 Å². The Hall–Kier alpha value is -1.46. The summed E-state index contributed by atoms with van der Waals surface area (Å²) in [5.41, 5.74) is 8.21. The molecule has 0 amide bonds. The zero-order valence-electron chi connectivity index (χ0n) is 12.1. The SMILES string of the molecule is CC1CN(Cc2cc(F)cc(F)c2)c2cc(N)ccc2S1.Cl.